The Hall–Kier alpha value is -0.710. The normalized spacial score (nSPS) is 12.4. The van der Waals surface area contributed by atoms with E-state index in [1.54, 1.807) is 6.20 Å². The molecule has 0 aliphatic carbocycles. The van der Waals surface area contributed by atoms with Crippen LogP contribution >= 0.6 is 31.9 Å². The minimum Gasteiger partial charge on any atom is -0.319 e. The van der Waals surface area contributed by atoms with Crippen molar-refractivity contribution in [2.45, 2.75) is 19.4 Å². The SMILES string of the molecule is CCc1cccc(C(N)c2ncc(Br)cc2Br)c1. The summed E-state index contributed by atoms with van der Waals surface area (Å²) in [6.45, 7) is 2.14. The minimum atomic E-state index is -0.209. The molecule has 2 aromatic rings. The van der Waals surface area contributed by atoms with Gasteiger partial charge < -0.3 is 5.73 Å². The molecule has 1 atom stereocenters. The fourth-order valence-corrected chi connectivity index (χ4v) is 3.05. The molecule has 0 spiro atoms. The maximum Gasteiger partial charge on any atom is 0.0758 e. The highest BCUT2D eigenvalue weighted by atomic mass is 79.9. The van der Waals surface area contributed by atoms with Crippen LogP contribution in [-0.2, 0) is 6.42 Å². The first-order chi connectivity index (χ1) is 8.61. The first-order valence-corrected chi connectivity index (χ1v) is 7.35. The molecule has 0 aliphatic rings. The van der Waals surface area contributed by atoms with Crippen molar-refractivity contribution in [1.82, 2.24) is 4.98 Å². The summed E-state index contributed by atoms with van der Waals surface area (Å²) in [6.07, 6.45) is 2.78. The fraction of sp³-hybridized carbons (Fsp3) is 0.214. The summed E-state index contributed by atoms with van der Waals surface area (Å²) in [5.74, 6) is 0. The molecule has 1 aromatic carbocycles. The molecule has 2 rings (SSSR count). The third-order valence-corrected chi connectivity index (χ3v) is 3.92. The van der Waals surface area contributed by atoms with Gasteiger partial charge in [-0.3, -0.25) is 4.98 Å². The second kappa shape index (κ2) is 5.95. The van der Waals surface area contributed by atoms with E-state index in [1.165, 1.54) is 5.56 Å². The van der Waals surface area contributed by atoms with E-state index in [1.807, 2.05) is 18.2 Å². The summed E-state index contributed by atoms with van der Waals surface area (Å²) in [5, 5.41) is 0. The average molecular weight is 370 g/mol. The topological polar surface area (TPSA) is 38.9 Å². The number of aryl methyl sites for hydroxylation is 1. The first-order valence-electron chi connectivity index (χ1n) is 5.77. The molecule has 0 amide bonds. The highest BCUT2D eigenvalue weighted by Gasteiger charge is 2.14. The van der Waals surface area contributed by atoms with Gasteiger partial charge in [-0.2, -0.15) is 0 Å². The number of hydrogen-bond donors (Lipinski definition) is 1. The second-order valence-electron chi connectivity index (χ2n) is 4.10. The van der Waals surface area contributed by atoms with E-state index < -0.39 is 0 Å². The quantitative estimate of drug-likeness (QED) is 0.879. The number of pyridine rings is 1. The van der Waals surface area contributed by atoms with Gasteiger partial charge in [0.05, 0.1) is 11.7 Å². The van der Waals surface area contributed by atoms with Crippen molar-refractivity contribution >= 4 is 31.9 Å². The molecular formula is C14H14Br2N2. The zero-order chi connectivity index (χ0) is 13.1. The molecule has 0 bridgehead atoms. The smallest absolute Gasteiger partial charge is 0.0758 e. The molecular weight excluding hydrogens is 356 g/mol. The lowest BCUT2D eigenvalue weighted by Gasteiger charge is -2.14. The van der Waals surface area contributed by atoms with Gasteiger partial charge in [0.15, 0.2) is 0 Å². The lowest BCUT2D eigenvalue weighted by molar-refractivity contribution is 0.818. The van der Waals surface area contributed by atoms with E-state index in [0.717, 1.165) is 26.6 Å². The third kappa shape index (κ3) is 2.99. The van der Waals surface area contributed by atoms with Gasteiger partial charge in [-0.25, -0.2) is 0 Å². The number of aromatic nitrogens is 1. The summed E-state index contributed by atoms with van der Waals surface area (Å²) in [6, 6.07) is 10.1. The van der Waals surface area contributed by atoms with Crippen LogP contribution in [0.25, 0.3) is 0 Å². The summed E-state index contributed by atoms with van der Waals surface area (Å²) in [5.41, 5.74) is 9.51. The molecule has 0 radical (unpaired) electrons. The maximum absolute atomic E-state index is 6.28. The van der Waals surface area contributed by atoms with Crippen LogP contribution in [0.1, 0.15) is 29.8 Å². The van der Waals surface area contributed by atoms with Gasteiger partial charge in [0.2, 0.25) is 0 Å². The number of hydrogen-bond acceptors (Lipinski definition) is 2. The Morgan fingerprint density at radius 3 is 2.72 bits per heavy atom. The molecule has 1 heterocycles. The molecule has 1 aromatic heterocycles. The van der Waals surface area contributed by atoms with Gasteiger partial charge in [-0.15, -0.1) is 0 Å². The lowest BCUT2D eigenvalue weighted by Crippen LogP contribution is -2.14. The van der Waals surface area contributed by atoms with Crippen molar-refractivity contribution in [2.75, 3.05) is 0 Å². The average Bonchev–Trinajstić information content (AvgIpc) is 2.38. The molecule has 0 saturated carbocycles. The molecule has 2 N–H and O–H groups in total. The van der Waals surface area contributed by atoms with Crippen LogP contribution in [0.15, 0.2) is 45.5 Å². The molecule has 0 aliphatic heterocycles. The Bertz CT molecular complexity index is 555. The standard InChI is InChI=1S/C14H14Br2N2/c1-2-9-4-3-5-10(6-9)13(17)14-12(16)7-11(15)8-18-14/h3-8,13H,2,17H2,1H3. The number of halogens is 2. The zero-order valence-electron chi connectivity index (χ0n) is 10.0. The minimum absolute atomic E-state index is 0.209. The van der Waals surface area contributed by atoms with Gasteiger partial charge in [0, 0.05) is 15.1 Å². The molecule has 2 nitrogen and oxygen atoms in total. The molecule has 94 valence electrons. The van der Waals surface area contributed by atoms with E-state index in [9.17, 15) is 0 Å². The van der Waals surface area contributed by atoms with Gasteiger partial charge in [0.25, 0.3) is 0 Å². The highest BCUT2D eigenvalue weighted by molar-refractivity contribution is 9.11. The third-order valence-electron chi connectivity index (χ3n) is 2.85. The van der Waals surface area contributed by atoms with Crippen LogP contribution in [0, 0.1) is 0 Å². The van der Waals surface area contributed by atoms with Crippen LogP contribution in [0.2, 0.25) is 0 Å². The predicted molar refractivity (Wildman–Crippen MR) is 81.5 cm³/mol. The molecule has 0 fully saturated rings. The molecule has 4 heteroatoms. The Labute approximate surface area is 124 Å². The van der Waals surface area contributed by atoms with E-state index in [4.69, 9.17) is 5.73 Å². The highest BCUT2D eigenvalue weighted by Crippen LogP contribution is 2.27. The van der Waals surface area contributed by atoms with Crippen LogP contribution in [0.4, 0.5) is 0 Å². The van der Waals surface area contributed by atoms with E-state index in [2.05, 4.69) is 55.9 Å². The van der Waals surface area contributed by atoms with Crippen LogP contribution in [0.3, 0.4) is 0 Å². The zero-order valence-corrected chi connectivity index (χ0v) is 13.2. The Morgan fingerprint density at radius 1 is 1.28 bits per heavy atom. The van der Waals surface area contributed by atoms with Gasteiger partial charge >= 0.3 is 0 Å². The number of rotatable bonds is 3. The van der Waals surface area contributed by atoms with Crippen molar-refractivity contribution < 1.29 is 0 Å². The molecule has 0 saturated heterocycles. The van der Waals surface area contributed by atoms with Crippen molar-refractivity contribution in [3.63, 3.8) is 0 Å². The van der Waals surface area contributed by atoms with Crippen molar-refractivity contribution in [2.24, 2.45) is 5.73 Å². The number of nitrogens with zero attached hydrogens (tertiary/aromatic N) is 1. The predicted octanol–water partition coefficient (Wildman–Crippen LogP) is 4.22. The van der Waals surface area contributed by atoms with E-state index >= 15 is 0 Å². The fourth-order valence-electron chi connectivity index (χ4n) is 1.82. The second-order valence-corrected chi connectivity index (χ2v) is 5.87. The first kappa shape index (κ1) is 13.7. The number of nitrogens with two attached hydrogens (primary N) is 1. The summed E-state index contributed by atoms with van der Waals surface area (Å²) in [4.78, 5) is 4.39. The van der Waals surface area contributed by atoms with Crippen LogP contribution in [-0.4, -0.2) is 4.98 Å². The molecule has 18 heavy (non-hydrogen) atoms. The van der Waals surface area contributed by atoms with Crippen LogP contribution in [0.5, 0.6) is 0 Å². The van der Waals surface area contributed by atoms with E-state index in [-0.39, 0.29) is 6.04 Å². The Morgan fingerprint density at radius 2 is 2.06 bits per heavy atom. The van der Waals surface area contributed by atoms with Gasteiger partial charge in [-0.1, -0.05) is 31.2 Å². The Kier molecular flexibility index (Phi) is 4.54. The monoisotopic (exact) mass is 368 g/mol. The lowest BCUT2D eigenvalue weighted by atomic mass is 10.0. The summed E-state index contributed by atoms with van der Waals surface area (Å²) < 4.78 is 1.86. The van der Waals surface area contributed by atoms with Crippen molar-refractivity contribution in [1.29, 1.82) is 0 Å². The van der Waals surface area contributed by atoms with Crippen LogP contribution < -0.4 is 5.73 Å². The Balaban J connectivity index is 2.37. The van der Waals surface area contributed by atoms with Crippen molar-refractivity contribution in [3.05, 3.63) is 62.3 Å². The van der Waals surface area contributed by atoms with Gasteiger partial charge in [-0.05, 0) is 55.5 Å². The largest absolute Gasteiger partial charge is 0.319 e. The van der Waals surface area contributed by atoms with Gasteiger partial charge in [0.1, 0.15) is 0 Å². The summed E-state index contributed by atoms with van der Waals surface area (Å²) in [7, 11) is 0. The van der Waals surface area contributed by atoms with Crippen molar-refractivity contribution in [3.8, 4) is 0 Å². The maximum atomic E-state index is 6.28. The van der Waals surface area contributed by atoms with E-state index in [0.29, 0.717) is 0 Å². The summed E-state index contributed by atoms with van der Waals surface area (Å²) >= 11 is 6.90. The number of benzene rings is 1. The molecule has 1 unspecified atom stereocenters.